The van der Waals surface area contributed by atoms with Gasteiger partial charge < -0.3 is 77.1 Å². The molecule has 82 heavy (non-hydrogen) atoms. The minimum absolute atomic E-state index is 0.00642. The highest BCUT2D eigenvalue weighted by molar-refractivity contribution is 6.00. The maximum absolute atomic E-state index is 16.2. The molecule has 2 aliphatic heterocycles. The van der Waals surface area contributed by atoms with Gasteiger partial charge in [-0.25, -0.2) is 0 Å². The number of Topliss-reactive ketones (excluding diaryl/α,β-unsaturated/α-hetero) is 1. The van der Waals surface area contributed by atoms with E-state index in [1.165, 1.54) is 12.8 Å². The predicted molar refractivity (Wildman–Crippen MR) is 312 cm³/mol. The molecule has 9 aliphatic carbocycles. The Kier molecular flexibility index (Phi) is 17.7. The van der Waals surface area contributed by atoms with Crippen molar-refractivity contribution in [1.82, 2.24) is 16.0 Å². The van der Waals surface area contributed by atoms with E-state index in [4.69, 9.17) is 15.2 Å². The number of carbonyl (C=O) groups excluding carboxylic acids is 1. The highest BCUT2D eigenvalue weighted by Gasteiger charge is 2.80. The molecule has 1 saturated heterocycles. The maximum atomic E-state index is 16.2. The molecule has 2 heterocycles. The van der Waals surface area contributed by atoms with E-state index in [9.17, 15) is 40.9 Å². The van der Waals surface area contributed by atoms with E-state index in [1.54, 1.807) is 13.8 Å². The van der Waals surface area contributed by atoms with E-state index >= 15 is 9.90 Å². The van der Waals surface area contributed by atoms with E-state index in [1.807, 2.05) is 31.4 Å². The number of ether oxygens (including phenoxy) is 2. The van der Waals surface area contributed by atoms with E-state index in [0.717, 1.165) is 88.4 Å². The van der Waals surface area contributed by atoms with Crippen molar-refractivity contribution < 1.29 is 60.2 Å². The number of fused-ring (bicyclic) bond motifs is 5. The first-order valence-corrected chi connectivity index (χ1v) is 32.9. The lowest BCUT2D eigenvalue weighted by molar-refractivity contribution is -0.277. The van der Waals surface area contributed by atoms with Gasteiger partial charge in [-0.1, -0.05) is 57.3 Å². The molecule has 0 aromatic heterocycles. The number of rotatable bonds is 18. The third-order valence-corrected chi connectivity index (χ3v) is 24.8. The van der Waals surface area contributed by atoms with Gasteiger partial charge in [0.15, 0.2) is 5.78 Å². The Hall–Kier alpha value is -2.29. The molecule has 0 aromatic carbocycles. The molecule has 0 aromatic rings. The van der Waals surface area contributed by atoms with Gasteiger partial charge in [0.25, 0.3) is 0 Å². The van der Waals surface area contributed by atoms with Crippen molar-refractivity contribution in [2.24, 2.45) is 69.3 Å². The van der Waals surface area contributed by atoms with Crippen molar-refractivity contribution in [3.05, 3.63) is 46.8 Å². The molecule has 7 saturated carbocycles. The molecule has 0 radical (unpaired) electrons. The Morgan fingerprint density at radius 1 is 0.927 bits per heavy atom. The Balaban J connectivity index is 1.10. The number of ketones is 1. The van der Waals surface area contributed by atoms with Crippen molar-refractivity contribution in [2.45, 2.75) is 259 Å². The molecule has 14 N–H and O–H groups in total. The third-order valence-electron chi connectivity index (χ3n) is 24.8. The summed E-state index contributed by atoms with van der Waals surface area (Å²) in [7, 11) is 2.00. The molecule has 20 atom stereocenters. The molecule has 0 bridgehead atoms. The fourth-order valence-corrected chi connectivity index (χ4v) is 21.2. The van der Waals surface area contributed by atoms with Crippen LogP contribution in [0.15, 0.2) is 46.8 Å². The van der Waals surface area contributed by atoms with E-state index < -0.39 is 99.5 Å². The highest BCUT2D eigenvalue weighted by Crippen LogP contribution is 2.77. The third kappa shape index (κ3) is 10.2. The summed E-state index contributed by atoms with van der Waals surface area (Å²) in [6.07, 6.45) is 19.1. The molecular weight excluding hydrogens is 1040 g/mol. The Bertz CT molecular complexity index is 2420. The van der Waals surface area contributed by atoms with Crippen molar-refractivity contribution in [1.29, 1.82) is 0 Å². The zero-order valence-electron chi connectivity index (χ0n) is 50.1. The van der Waals surface area contributed by atoms with Crippen LogP contribution in [0.1, 0.15) is 188 Å². The zero-order chi connectivity index (χ0) is 58.2. The second-order valence-corrected chi connectivity index (χ2v) is 29.3. The number of aliphatic hydroxyl groups is 9. The topological polar surface area (TPSA) is 280 Å². The van der Waals surface area contributed by atoms with Gasteiger partial charge in [-0.05, 0) is 207 Å². The summed E-state index contributed by atoms with van der Waals surface area (Å²) in [5.74, 6) is -3.72. The Morgan fingerprint density at radius 2 is 1.68 bits per heavy atom. The van der Waals surface area contributed by atoms with Crippen LogP contribution in [0.3, 0.4) is 0 Å². The van der Waals surface area contributed by atoms with E-state index in [2.05, 4.69) is 22.9 Å². The van der Waals surface area contributed by atoms with E-state index in [0.29, 0.717) is 56.6 Å². The first kappa shape index (κ1) is 61.4. The SMILES string of the molecule is CCCC1CCC2OC3C(C(O)CCCC3(O)C(C)(O)C3CCC4(O)C5=C(NCC(C)O)C(=O)C6CC(O)C(O)CC67CC(C6=C(CCCO)NC(N)C=C6)C=CC(O)(CC34C3CCC(CCOC4CCCC4)(CNC)CC3)C57)C2CC1. The summed E-state index contributed by atoms with van der Waals surface area (Å²) in [5, 5.41) is 126. The van der Waals surface area contributed by atoms with Gasteiger partial charge in [0, 0.05) is 61.1 Å². The predicted octanol–water partition coefficient (Wildman–Crippen LogP) is 5.60. The van der Waals surface area contributed by atoms with Crippen LogP contribution in [0.5, 0.6) is 0 Å². The van der Waals surface area contributed by atoms with Crippen molar-refractivity contribution >= 4 is 5.78 Å². The fourth-order valence-electron chi connectivity index (χ4n) is 21.2. The minimum Gasteiger partial charge on any atom is -0.396 e. The lowest BCUT2D eigenvalue weighted by Gasteiger charge is -2.69. The van der Waals surface area contributed by atoms with Gasteiger partial charge in [0.2, 0.25) is 0 Å². The fraction of sp³-hybridized carbons (Fsp3) is 0.864. The van der Waals surface area contributed by atoms with Gasteiger partial charge in [-0.2, -0.15) is 0 Å². The Labute approximate surface area is 488 Å². The van der Waals surface area contributed by atoms with Crippen molar-refractivity contribution in [3.63, 3.8) is 0 Å². The molecule has 1 spiro atoms. The van der Waals surface area contributed by atoms with Crippen molar-refractivity contribution in [3.8, 4) is 0 Å². The van der Waals surface area contributed by atoms with Crippen LogP contribution in [0.4, 0.5) is 0 Å². The van der Waals surface area contributed by atoms with Gasteiger partial charge in [0.1, 0.15) is 5.60 Å². The second kappa shape index (κ2) is 23.7. The lowest BCUT2D eigenvalue weighted by Crippen LogP contribution is -2.74. The lowest BCUT2D eigenvalue weighted by atomic mass is 9.37. The van der Waals surface area contributed by atoms with Crippen LogP contribution in [0, 0.1) is 63.6 Å². The largest absolute Gasteiger partial charge is 0.396 e. The van der Waals surface area contributed by atoms with Gasteiger partial charge in [-0.15, -0.1) is 0 Å². The van der Waals surface area contributed by atoms with Gasteiger partial charge in [-0.3, -0.25) is 4.79 Å². The van der Waals surface area contributed by atoms with Crippen LogP contribution in [-0.4, -0.2) is 156 Å². The zero-order valence-corrected chi connectivity index (χ0v) is 50.1. The van der Waals surface area contributed by atoms with Crippen LogP contribution in [0.2, 0.25) is 0 Å². The first-order valence-electron chi connectivity index (χ1n) is 32.9. The Morgan fingerprint density at radius 3 is 2.40 bits per heavy atom. The number of allylic oxidation sites excluding steroid dienone is 5. The first-order chi connectivity index (χ1) is 39.1. The van der Waals surface area contributed by atoms with Crippen LogP contribution in [-0.2, 0) is 14.3 Å². The molecule has 0 amide bonds. The molecule has 8 fully saturated rings. The second-order valence-electron chi connectivity index (χ2n) is 29.3. The van der Waals surface area contributed by atoms with Crippen LogP contribution in [0.25, 0.3) is 0 Å². The van der Waals surface area contributed by atoms with Gasteiger partial charge >= 0.3 is 0 Å². The number of nitrogens with two attached hydrogens (primary N) is 1. The van der Waals surface area contributed by atoms with Crippen LogP contribution < -0.4 is 21.7 Å². The minimum atomic E-state index is -1.98. The normalized spacial score (nSPS) is 46.8. The summed E-state index contributed by atoms with van der Waals surface area (Å²) in [4.78, 5) is 16.2. The average Bonchev–Trinajstić information content (AvgIpc) is 1.30. The van der Waals surface area contributed by atoms with E-state index in [-0.39, 0.29) is 99.0 Å². The molecule has 16 nitrogen and oxygen atoms in total. The number of aliphatic hydroxyl groups excluding tert-OH is 5. The molecule has 462 valence electrons. The monoisotopic (exact) mass is 1150 g/mol. The highest BCUT2D eigenvalue weighted by atomic mass is 16.5. The van der Waals surface area contributed by atoms with Crippen molar-refractivity contribution in [2.75, 3.05) is 33.4 Å². The summed E-state index contributed by atoms with van der Waals surface area (Å²) < 4.78 is 13.8. The van der Waals surface area contributed by atoms with Crippen LogP contribution >= 0.6 is 0 Å². The number of carbonyl (C=O) groups is 1. The maximum Gasteiger partial charge on any atom is 0.182 e. The smallest absolute Gasteiger partial charge is 0.182 e. The molecule has 20 unspecified atom stereocenters. The average molecular weight is 1150 g/mol. The summed E-state index contributed by atoms with van der Waals surface area (Å²) in [5.41, 5.74) is -1.66. The number of hydrogen-bond acceptors (Lipinski definition) is 16. The van der Waals surface area contributed by atoms with Gasteiger partial charge in [0.05, 0.1) is 71.4 Å². The molecule has 16 heteroatoms. The molecule has 11 aliphatic rings. The number of dihydropyridines is 1. The molecular formula is C66H106N4O12. The number of hydrogen-bond donors (Lipinski definition) is 13. The number of nitrogens with one attached hydrogen (secondary N) is 3. The summed E-state index contributed by atoms with van der Waals surface area (Å²) in [6.45, 7) is 6.96. The standard InChI is InChI=1S/C66H106N4O12/c1-5-10-40-15-17-45-51(19-16-40)82-59-54(45)48(73)14-8-25-66(59,80)60(3,77)52-24-29-65(79)55-56(69-36-39(2)72)57(76)46-33-49(74)50(75)35-62(46)34-41(44-18-20-53(67)70-47(44)13-9-31-71)21-28-63(78,58(55)62)37-64(52,65)42-22-26-61(27-23-42,38-68-4)30-32-81-43-11-6-7-12-43/h18,20-21,28,39-43,45-46,48-54,58-59,68-75,77-80H,5-17,19,22-27,29-38,67H2,1-4H3. The summed E-state index contributed by atoms with van der Waals surface area (Å²) >= 11 is 0. The summed E-state index contributed by atoms with van der Waals surface area (Å²) in [6, 6.07) is 0. The molecule has 11 rings (SSSR count). The quantitative estimate of drug-likeness (QED) is 0.0744.